The second-order valence-electron chi connectivity index (χ2n) is 6.21. The summed E-state index contributed by atoms with van der Waals surface area (Å²) >= 11 is 6.02. The van der Waals surface area contributed by atoms with E-state index >= 15 is 0 Å². The molecule has 0 radical (unpaired) electrons. The number of fused-ring (bicyclic) bond motifs is 1. The highest BCUT2D eigenvalue weighted by Crippen LogP contribution is 2.20. The first kappa shape index (κ1) is 20.0. The summed E-state index contributed by atoms with van der Waals surface area (Å²) < 4.78 is 12.1. The van der Waals surface area contributed by atoms with Crippen LogP contribution in [0.2, 0.25) is 5.02 Å². The molecule has 1 aromatic heterocycles. The molecular formula is C20H18ClN3O3S. The van der Waals surface area contributed by atoms with Crippen LogP contribution in [0.3, 0.4) is 0 Å². The van der Waals surface area contributed by atoms with Crippen molar-refractivity contribution in [2.45, 2.75) is 6.92 Å². The number of pyridine rings is 1. The number of para-hydroxylation sites is 1. The van der Waals surface area contributed by atoms with Crippen molar-refractivity contribution in [2.24, 2.45) is 0 Å². The molecule has 2 aromatic carbocycles. The van der Waals surface area contributed by atoms with Gasteiger partial charge in [-0.2, -0.15) is 0 Å². The lowest BCUT2D eigenvalue weighted by Gasteiger charge is -2.08. The van der Waals surface area contributed by atoms with Crippen molar-refractivity contribution in [1.29, 1.82) is 0 Å². The number of carbonyl (C=O) groups is 2. The van der Waals surface area contributed by atoms with Gasteiger partial charge in [-0.15, -0.1) is 0 Å². The predicted octanol–water partition coefficient (Wildman–Crippen LogP) is 3.52. The summed E-state index contributed by atoms with van der Waals surface area (Å²) in [5.41, 5.74) is 2.74. The lowest BCUT2D eigenvalue weighted by molar-refractivity contribution is -0.114. The van der Waals surface area contributed by atoms with Crippen LogP contribution < -0.4 is 10.6 Å². The molecule has 0 bridgehead atoms. The van der Waals surface area contributed by atoms with Crippen LogP contribution in [0.4, 0.5) is 11.4 Å². The lowest BCUT2D eigenvalue weighted by atomic mass is 10.2. The third-order valence-corrected chi connectivity index (χ3v) is 5.49. The van der Waals surface area contributed by atoms with Gasteiger partial charge in [-0.25, -0.2) is 0 Å². The Morgan fingerprint density at radius 2 is 1.68 bits per heavy atom. The number of aromatic nitrogens is 1. The molecule has 1 atom stereocenters. The van der Waals surface area contributed by atoms with Crippen molar-refractivity contribution in [1.82, 2.24) is 4.98 Å². The van der Waals surface area contributed by atoms with E-state index in [-0.39, 0.29) is 11.5 Å². The van der Waals surface area contributed by atoms with Crippen molar-refractivity contribution >= 4 is 56.5 Å². The quantitative estimate of drug-likeness (QED) is 0.644. The van der Waals surface area contributed by atoms with Gasteiger partial charge in [0.05, 0.1) is 17.4 Å². The molecule has 8 heteroatoms. The third-order valence-electron chi connectivity index (χ3n) is 3.91. The zero-order valence-electron chi connectivity index (χ0n) is 15.1. The van der Waals surface area contributed by atoms with Crippen molar-refractivity contribution < 1.29 is 13.8 Å². The predicted molar refractivity (Wildman–Crippen MR) is 113 cm³/mol. The number of amides is 2. The van der Waals surface area contributed by atoms with Crippen LogP contribution in [0, 0.1) is 6.92 Å². The van der Waals surface area contributed by atoms with E-state index in [9.17, 15) is 13.8 Å². The fourth-order valence-corrected chi connectivity index (χ4v) is 3.56. The standard InChI is InChI=1S/C20H18ClN3O3S/c1-13-6-7-15(9-17(13)21)23-19(25)11-28(27)12-20(26)24-16-8-14-4-2-3-5-18(14)22-10-16/h2-10H,11-12H2,1H3,(H,23,25)(H,24,26)/t28-/m1/s1. The van der Waals surface area contributed by atoms with Crippen LogP contribution >= 0.6 is 11.6 Å². The molecule has 0 aliphatic carbocycles. The van der Waals surface area contributed by atoms with Crippen LogP contribution in [0.15, 0.2) is 54.7 Å². The molecule has 0 unspecified atom stereocenters. The SMILES string of the molecule is Cc1ccc(NC(=O)C[S@@](=O)CC(=O)Nc2cnc3ccccc3c2)cc1Cl. The molecule has 3 aromatic rings. The summed E-state index contributed by atoms with van der Waals surface area (Å²) in [5, 5.41) is 6.70. The number of aryl methyl sites for hydroxylation is 1. The van der Waals surface area contributed by atoms with Crippen molar-refractivity contribution in [3.63, 3.8) is 0 Å². The Labute approximate surface area is 169 Å². The smallest absolute Gasteiger partial charge is 0.237 e. The number of halogens is 1. The largest absolute Gasteiger partial charge is 0.325 e. The van der Waals surface area contributed by atoms with Gasteiger partial charge >= 0.3 is 0 Å². The summed E-state index contributed by atoms with van der Waals surface area (Å²) in [4.78, 5) is 28.4. The van der Waals surface area contributed by atoms with Crippen LogP contribution in [0.1, 0.15) is 5.56 Å². The van der Waals surface area contributed by atoms with Gasteiger partial charge in [-0.05, 0) is 36.8 Å². The van der Waals surface area contributed by atoms with Gasteiger partial charge in [-0.3, -0.25) is 18.8 Å². The fourth-order valence-electron chi connectivity index (χ4n) is 2.55. The van der Waals surface area contributed by atoms with Gasteiger partial charge < -0.3 is 10.6 Å². The van der Waals surface area contributed by atoms with Crippen LogP contribution in [-0.2, 0) is 20.4 Å². The maximum atomic E-state index is 12.1. The minimum Gasteiger partial charge on any atom is -0.325 e. The Balaban J connectivity index is 1.52. The molecule has 0 saturated carbocycles. The molecule has 0 aliphatic rings. The van der Waals surface area contributed by atoms with Gasteiger partial charge in [0, 0.05) is 26.9 Å². The number of carbonyl (C=O) groups excluding carboxylic acids is 2. The van der Waals surface area contributed by atoms with E-state index in [4.69, 9.17) is 11.6 Å². The lowest BCUT2D eigenvalue weighted by Crippen LogP contribution is -2.26. The summed E-state index contributed by atoms with van der Waals surface area (Å²) in [6.45, 7) is 1.85. The average Bonchev–Trinajstić information content (AvgIpc) is 2.64. The number of rotatable bonds is 6. The van der Waals surface area contributed by atoms with Gasteiger partial charge in [0.1, 0.15) is 11.5 Å². The number of benzene rings is 2. The monoisotopic (exact) mass is 415 g/mol. The molecule has 2 amide bonds. The molecule has 0 fully saturated rings. The van der Waals surface area contributed by atoms with E-state index in [2.05, 4.69) is 15.6 Å². The Hall–Kier alpha value is -2.77. The summed E-state index contributed by atoms with van der Waals surface area (Å²) in [6, 6.07) is 14.4. The van der Waals surface area contributed by atoms with Crippen molar-refractivity contribution in [3.8, 4) is 0 Å². The number of nitrogens with zero attached hydrogens (tertiary/aromatic N) is 1. The van der Waals surface area contributed by atoms with Crippen LogP contribution in [0.5, 0.6) is 0 Å². The Kier molecular flexibility index (Phi) is 6.38. The van der Waals surface area contributed by atoms with Gasteiger partial charge in [-0.1, -0.05) is 35.9 Å². The molecule has 0 saturated heterocycles. The highest BCUT2D eigenvalue weighted by molar-refractivity contribution is 7.86. The van der Waals surface area contributed by atoms with E-state index in [1.165, 1.54) is 6.20 Å². The molecule has 28 heavy (non-hydrogen) atoms. The second kappa shape index (κ2) is 8.95. The minimum absolute atomic E-state index is 0.283. The third kappa shape index (κ3) is 5.37. The van der Waals surface area contributed by atoms with E-state index in [0.29, 0.717) is 16.4 Å². The average molecular weight is 416 g/mol. The van der Waals surface area contributed by atoms with E-state index in [0.717, 1.165) is 16.5 Å². The number of hydrogen-bond donors (Lipinski definition) is 2. The number of anilines is 2. The fraction of sp³-hybridized carbons (Fsp3) is 0.150. The highest BCUT2D eigenvalue weighted by atomic mass is 35.5. The number of hydrogen-bond acceptors (Lipinski definition) is 4. The zero-order chi connectivity index (χ0) is 20.1. The van der Waals surface area contributed by atoms with Crippen LogP contribution in [-0.4, -0.2) is 32.5 Å². The normalized spacial score (nSPS) is 11.8. The first-order chi connectivity index (χ1) is 13.4. The maximum Gasteiger partial charge on any atom is 0.237 e. The van der Waals surface area contributed by atoms with Gasteiger partial charge in [0.25, 0.3) is 0 Å². The molecule has 3 rings (SSSR count). The van der Waals surface area contributed by atoms with E-state index in [1.54, 1.807) is 24.3 Å². The second-order valence-corrected chi connectivity index (χ2v) is 8.07. The van der Waals surface area contributed by atoms with Crippen molar-refractivity contribution in [3.05, 3.63) is 65.3 Å². The summed E-state index contributed by atoms with van der Waals surface area (Å²) in [7, 11) is -1.64. The van der Waals surface area contributed by atoms with Gasteiger partial charge in [0.15, 0.2) is 0 Å². The van der Waals surface area contributed by atoms with E-state index < -0.39 is 22.6 Å². The first-order valence-electron chi connectivity index (χ1n) is 8.46. The maximum absolute atomic E-state index is 12.1. The summed E-state index contributed by atoms with van der Waals surface area (Å²) in [6.07, 6.45) is 1.54. The molecule has 144 valence electrons. The summed E-state index contributed by atoms with van der Waals surface area (Å²) in [5.74, 6) is -1.45. The molecule has 6 nitrogen and oxygen atoms in total. The first-order valence-corrected chi connectivity index (χ1v) is 10.3. The molecule has 0 spiro atoms. The van der Waals surface area contributed by atoms with Crippen LogP contribution in [0.25, 0.3) is 10.9 Å². The molecule has 2 N–H and O–H groups in total. The molecule has 0 aliphatic heterocycles. The Bertz CT molecular complexity index is 1070. The highest BCUT2D eigenvalue weighted by Gasteiger charge is 2.13. The zero-order valence-corrected chi connectivity index (χ0v) is 16.6. The Morgan fingerprint density at radius 3 is 2.39 bits per heavy atom. The molecule has 1 heterocycles. The minimum atomic E-state index is -1.64. The molecular weight excluding hydrogens is 398 g/mol. The van der Waals surface area contributed by atoms with Crippen molar-refractivity contribution in [2.75, 3.05) is 22.1 Å². The van der Waals surface area contributed by atoms with Gasteiger partial charge in [0.2, 0.25) is 11.8 Å². The topological polar surface area (TPSA) is 88.2 Å². The van der Waals surface area contributed by atoms with E-state index in [1.807, 2.05) is 31.2 Å². The number of nitrogens with one attached hydrogen (secondary N) is 2. The Morgan fingerprint density at radius 1 is 1.00 bits per heavy atom.